The van der Waals surface area contributed by atoms with Gasteiger partial charge < -0.3 is 10.6 Å². The Morgan fingerprint density at radius 2 is 1.75 bits per heavy atom. The molecule has 0 radical (unpaired) electrons. The zero-order valence-corrected chi connectivity index (χ0v) is 16.7. The Hall–Kier alpha value is -1.16. The van der Waals surface area contributed by atoms with E-state index in [4.69, 9.17) is 4.55 Å². The van der Waals surface area contributed by atoms with Gasteiger partial charge in [-0.25, -0.2) is 0 Å². The van der Waals surface area contributed by atoms with Crippen LogP contribution in [0.15, 0.2) is 29.2 Å². The predicted octanol–water partition coefficient (Wildman–Crippen LogP) is 3.16. The highest BCUT2D eigenvalue weighted by molar-refractivity contribution is 7.85. The fourth-order valence-corrected chi connectivity index (χ4v) is 4.49. The lowest BCUT2D eigenvalue weighted by Crippen LogP contribution is -2.61. The van der Waals surface area contributed by atoms with Crippen molar-refractivity contribution in [3.63, 3.8) is 0 Å². The predicted molar refractivity (Wildman–Crippen MR) is 99.6 cm³/mol. The molecule has 0 bridgehead atoms. The van der Waals surface area contributed by atoms with Crippen molar-refractivity contribution < 1.29 is 26.1 Å². The lowest BCUT2D eigenvalue weighted by molar-refractivity contribution is -0.185. The van der Waals surface area contributed by atoms with Gasteiger partial charge in [0.25, 0.3) is 10.1 Å². The number of hydrogen-bond acceptors (Lipinski definition) is 4. The van der Waals surface area contributed by atoms with Gasteiger partial charge in [0.2, 0.25) is 0 Å². The van der Waals surface area contributed by atoms with E-state index in [9.17, 15) is 21.6 Å². The second kappa shape index (κ2) is 7.59. The number of benzene rings is 1. The maximum Gasteiger partial charge on any atom is 0.395 e. The van der Waals surface area contributed by atoms with Crippen molar-refractivity contribution in [1.82, 2.24) is 10.6 Å². The maximum absolute atomic E-state index is 12.7. The first-order valence-electron chi connectivity index (χ1n) is 9.47. The fourth-order valence-electron chi connectivity index (χ4n) is 4.01. The molecule has 9 heteroatoms. The molecule has 4 rings (SSSR count). The van der Waals surface area contributed by atoms with Crippen molar-refractivity contribution >= 4 is 10.1 Å². The molecule has 1 aliphatic heterocycles. The topological polar surface area (TPSA) is 78.4 Å². The monoisotopic (exact) mass is 420 g/mol. The van der Waals surface area contributed by atoms with E-state index in [1.54, 1.807) is 12.1 Å². The third-order valence-electron chi connectivity index (χ3n) is 6.11. The maximum atomic E-state index is 12.7. The van der Waals surface area contributed by atoms with E-state index >= 15 is 0 Å². The minimum atomic E-state index is -4.02. The molecule has 5 nitrogen and oxygen atoms in total. The molecule has 2 aliphatic carbocycles. The van der Waals surface area contributed by atoms with Crippen LogP contribution in [0.1, 0.15) is 31.2 Å². The van der Waals surface area contributed by atoms with E-state index < -0.39 is 21.7 Å². The molecule has 158 valence electrons. The highest BCUT2D eigenvalue weighted by atomic mass is 32.2. The Morgan fingerprint density at radius 1 is 1.18 bits per heavy atom. The summed E-state index contributed by atoms with van der Waals surface area (Å²) in [6.45, 7) is 4.94. The molecule has 0 aromatic heterocycles. The summed E-state index contributed by atoms with van der Waals surface area (Å²) in [7, 11) is -4.02. The van der Waals surface area contributed by atoms with Gasteiger partial charge in [-0.3, -0.25) is 4.55 Å². The lowest BCUT2D eigenvalue weighted by Gasteiger charge is -2.54. The average Bonchev–Trinajstić information content (AvgIpc) is 3.29. The van der Waals surface area contributed by atoms with Crippen LogP contribution in [-0.2, 0) is 10.1 Å². The van der Waals surface area contributed by atoms with Crippen LogP contribution >= 0.6 is 0 Å². The Bertz CT molecular complexity index is 778. The molecule has 28 heavy (non-hydrogen) atoms. The van der Waals surface area contributed by atoms with Gasteiger partial charge in [0, 0.05) is 19.6 Å². The number of halogens is 3. The third-order valence-corrected chi connectivity index (χ3v) is 6.98. The van der Waals surface area contributed by atoms with Crippen LogP contribution < -0.4 is 10.6 Å². The number of alkyl halides is 3. The average molecular weight is 420 g/mol. The standard InChI is InChI=1S/C12H19F3N2.C7H8O3S/c13-12(14,15)11(1-2-11)8-16-5-9-3-10(4-9)6-17-7-10;1-6-2-4-7(5-3-6)11(8,9)10/h9,16-17H,1-8H2;2-5H,1H3,(H,8,9,10). The Labute approximate surface area is 163 Å². The first kappa shape index (κ1) is 21.5. The van der Waals surface area contributed by atoms with Gasteiger partial charge >= 0.3 is 6.18 Å². The molecule has 1 heterocycles. The molecule has 1 aromatic rings. The fraction of sp³-hybridized carbons (Fsp3) is 0.684. The van der Waals surface area contributed by atoms with Gasteiger partial charge in [-0.2, -0.15) is 21.6 Å². The van der Waals surface area contributed by atoms with Crippen molar-refractivity contribution in [2.75, 3.05) is 26.2 Å². The SMILES string of the molecule is Cc1ccc(S(=O)(=O)O)cc1.FC(F)(F)C1(CNCC2CC3(CNC3)C2)CC1. The summed E-state index contributed by atoms with van der Waals surface area (Å²) < 4.78 is 67.5. The molecule has 3 N–H and O–H groups in total. The first-order valence-corrected chi connectivity index (χ1v) is 10.9. The van der Waals surface area contributed by atoms with Crippen molar-refractivity contribution in [3.05, 3.63) is 29.8 Å². The van der Waals surface area contributed by atoms with Crippen LogP contribution in [0.3, 0.4) is 0 Å². The summed E-state index contributed by atoms with van der Waals surface area (Å²) in [5.74, 6) is 0.598. The Balaban J connectivity index is 0.000000178. The van der Waals surface area contributed by atoms with Gasteiger partial charge in [0.05, 0.1) is 10.3 Å². The molecule has 1 aromatic carbocycles. The van der Waals surface area contributed by atoms with Gasteiger partial charge in [0.15, 0.2) is 0 Å². The smallest absolute Gasteiger partial charge is 0.316 e. The van der Waals surface area contributed by atoms with E-state index in [1.807, 2.05) is 6.92 Å². The third kappa shape index (κ3) is 4.87. The lowest BCUT2D eigenvalue weighted by atomic mass is 9.58. The second-order valence-corrected chi connectivity index (χ2v) is 10.00. The summed E-state index contributed by atoms with van der Waals surface area (Å²) in [5.41, 5.74) is 0.0949. The Morgan fingerprint density at radius 3 is 2.14 bits per heavy atom. The van der Waals surface area contributed by atoms with Gasteiger partial charge in [0.1, 0.15) is 0 Å². The van der Waals surface area contributed by atoms with Crippen molar-refractivity contribution in [3.8, 4) is 0 Å². The van der Waals surface area contributed by atoms with E-state index in [2.05, 4.69) is 10.6 Å². The summed E-state index contributed by atoms with van der Waals surface area (Å²) in [6.07, 6.45) is -1.03. The number of hydrogen-bond donors (Lipinski definition) is 3. The quantitative estimate of drug-likeness (QED) is 0.638. The van der Waals surface area contributed by atoms with Crippen molar-refractivity contribution in [2.45, 2.75) is 43.7 Å². The molecular weight excluding hydrogens is 393 g/mol. The zero-order valence-electron chi connectivity index (χ0n) is 15.8. The number of rotatable bonds is 5. The minimum absolute atomic E-state index is 0.0666. The molecule has 0 amide bonds. The molecular formula is C19H27F3N2O3S. The Kier molecular flexibility index (Phi) is 5.84. The van der Waals surface area contributed by atoms with Crippen LogP contribution in [0.4, 0.5) is 13.2 Å². The second-order valence-electron chi connectivity index (χ2n) is 8.57. The molecule has 0 atom stereocenters. The molecule has 1 saturated heterocycles. The van der Waals surface area contributed by atoms with Crippen molar-refractivity contribution in [1.29, 1.82) is 0 Å². The highest BCUT2D eigenvalue weighted by Gasteiger charge is 2.62. The number of nitrogens with one attached hydrogen (secondary N) is 2. The minimum Gasteiger partial charge on any atom is -0.316 e. The van der Waals surface area contributed by atoms with Gasteiger partial charge in [-0.15, -0.1) is 0 Å². The van der Waals surface area contributed by atoms with Gasteiger partial charge in [-0.1, -0.05) is 17.7 Å². The van der Waals surface area contributed by atoms with Crippen LogP contribution in [-0.4, -0.2) is 45.3 Å². The molecule has 3 aliphatic rings. The first-order chi connectivity index (χ1) is 12.9. The van der Waals surface area contributed by atoms with E-state index in [-0.39, 0.29) is 11.4 Å². The molecule has 3 fully saturated rings. The largest absolute Gasteiger partial charge is 0.395 e. The van der Waals surface area contributed by atoms with Crippen LogP contribution in [0.2, 0.25) is 0 Å². The summed E-state index contributed by atoms with van der Waals surface area (Å²) >= 11 is 0. The van der Waals surface area contributed by atoms with Crippen LogP contribution in [0.5, 0.6) is 0 Å². The van der Waals surface area contributed by atoms with Gasteiger partial charge in [-0.05, 0) is 62.6 Å². The van der Waals surface area contributed by atoms with E-state index in [0.29, 0.717) is 24.2 Å². The van der Waals surface area contributed by atoms with Crippen molar-refractivity contribution in [2.24, 2.45) is 16.7 Å². The molecule has 2 saturated carbocycles. The van der Waals surface area contributed by atoms with Crippen LogP contribution in [0, 0.1) is 23.7 Å². The summed E-state index contributed by atoms with van der Waals surface area (Å²) in [4.78, 5) is -0.0666. The highest BCUT2D eigenvalue weighted by Crippen LogP contribution is 2.57. The summed E-state index contributed by atoms with van der Waals surface area (Å²) in [6, 6.07) is 5.99. The van der Waals surface area contributed by atoms with Crippen LogP contribution in [0.25, 0.3) is 0 Å². The van der Waals surface area contributed by atoms with E-state index in [1.165, 1.54) is 25.0 Å². The normalized spacial score (nSPS) is 22.6. The molecule has 0 unspecified atom stereocenters. The zero-order chi connectivity index (χ0) is 20.6. The summed E-state index contributed by atoms with van der Waals surface area (Å²) in [5, 5.41) is 6.31. The molecule has 1 spiro atoms. The van der Waals surface area contributed by atoms with E-state index in [0.717, 1.165) is 25.2 Å². The number of aryl methyl sites for hydroxylation is 1.